The number of carboxylic acids is 1. The largest absolute Gasteiger partial charge is 0.480 e. The van der Waals surface area contributed by atoms with Crippen molar-refractivity contribution in [3.63, 3.8) is 0 Å². The van der Waals surface area contributed by atoms with Gasteiger partial charge < -0.3 is 14.5 Å². The van der Waals surface area contributed by atoms with Gasteiger partial charge in [0.25, 0.3) is 0 Å². The highest BCUT2D eigenvalue weighted by Gasteiger charge is 2.16. The molecule has 2 heterocycles. The molecule has 2 aromatic rings. The van der Waals surface area contributed by atoms with Crippen LogP contribution in [0.2, 0.25) is 0 Å². The fourth-order valence-corrected chi connectivity index (χ4v) is 2.79. The number of hydrogen-bond acceptors (Lipinski definition) is 6. The molecule has 124 valence electrons. The van der Waals surface area contributed by atoms with Gasteiger partial charge in [-0.15, -0.1) is 11.3 Å². The van der Waals surface area contributed by atoms with E-state index in [0.717, 1.165) is 11.3 Å². The van der Waals surface area contributed by atoms with Crippen LogP contribution >= 0.6 is 11.3 Å². The summed E-state index contributed by atoms with van der Waals surface area (Å²) in [5.74, 6) is -0.113. The first-order valence-corrected chi connectivity index (χ1v) is 8.34. The molecule has 0 aliphatic rings. The van der Waals surface area contributed by atoms with Crippen molar-refractivity contribution in [1.29, 1.82) is 0 Å². The number of thiophene rings is 1. The molecule has 0 spiro atoms. The molecule has 1 N–H and O–H groups in total. The standard InChI is InChI=1S/C15H19N3O4S/c1-2-8-18(10-14(20)21)13(19)7-3-6-12-16-15(17-22-12)11-5-4-9-23-11/h4-5,9H,2-3,6-8,10H2,1H3,(H,20,21). The number of carboxylic acid groups (broad SMARTS) is 1. The van der Waals surface area contributed by atoms with Crippen molar-refractivity contribution in [3.8, 4) is 10.7 Å². The van der Waals surface area contributed by atoms with Crippen LogP contribution in [-0.4, -0.2) is 45.1 Å². The molecule has 0 unspecified atom stereocenters. The minimum atomic E-state index is -0.996. The zero-order valence-corrected chi connectivity index (χ0v) is 13.7. The van der Waals surface area contributed by atoms with Gasteiger partial charge in [-0.1, -0.05) is 18.1 Å². The number of carbonyl (C=O) groups excluding carboxylic acids is 1. The van der Waals surface area contributed by atoms with Gasteiger partial charge in [0, 0.05) is 19.4 Å². The lowest BCUT2D eigenvalue weighted by molar-refractivity contribution is -0.144. The summed E-state index contributed by atoms with van der Waals surface area (Å²) >= 11 is 1.53. The molecule has 7 nitrogen and oxygen atoms in total. The summed E-state index contributed by atoms with van der Waals surface area (Å²) in [6, 6.07) is 3.83. The Bertz CT molecular complexity index is 639. The second-order valence-corrected chi connectivity index (χ2v) is 6.00. The van der Waals surface area contributed by atoms with E-state index < -0.39 is 5.97 Å². The number of carbonyl (C=O) groups is 2. The Kier molecular flexibility index (Phi) is 6.28. The third-order valence-electron chi connectivity index (χ3n) is 3.16. The first-order valence-electron chi connectivity index (χ1n) is 7.46. The number of rotatable bonds is 9. The Morgan fingerprint density at radius 2 is 2.26 bits per heavy atom. The zero-order valence-electron chi connectivity index (χ0n) is 12.9. The van der Waals surface area contributed by atoms with Crippen LogP contribution in [0.3, 0.4) is 0 Å². The van der Waals surface area contributed by atoms with Crippen LogP contribution in [0.25, 0.3) is 10.7 Å². The van der Waals surface area contributed by atoms with Crippen molar-refractivity contribution in [2.75, 3.05) is 13.1 Å². The number of nitrogens with zero attached hydrogens (tertiary/aromatic N) is 3. The lowest BCUT2D eigenvalue weighted by Crippen LogP contribution is -2.36. The van der Waals surface area contributed by atoms with E-state index in [-0.39, 0.29) is 18.9 Å². The fourth-order valence-electron chi connectivity index (χ4n) is 2.14. The predicted molar refractivity (Wildman–Crippen MR) is 85.1 cm³/mol. The van der Waals surface area contributed by atoms with Gasteiger partial charge >= 0.3 is 5.97 Å². The van der Waals surface area contributed by atoms with Gasteiger partial charge in [-0.3, -0.25) is 9.59 Å². The van der Waals surface area contributed by atoms with Gasteiger partial charge in [-0.05, 0) is 24.3 Å². The molecule has 0 saturated carbocycles. The Labute approximate surface area is 137 Å². The molecule has 0 aliphatic heterocycles. The first kappa shape index (κ1) is 17.1. The summed E-state index contributed by atoms with van der Waals surface area (Å²) in [4.78, 5) is 29.4. The fraction of sp³-hybridized carbons (Fsp3) is 0.467. The van der Waals surface area contributed by atoms with Crippen molar-refractivity contribution in [2.45, 2.75) is 32.6 Å². The van der Waals surface area contributed by atoms with Crippen LogP contribution in [0.1, 0.15) is 32.1 Å². The van der Waals surface area contributed by atoms with E-state index >= 15 is 0 Å². The number of aromatic nitrogens is 2. The van der Waals surface area contributed by atoms with Crippen molar-refractivity contribution in [3.05, 3.63) is 23.4 Å². The Balaban J connectivity index is 1.81. The van der Waals surface area contributed by atoms with E-state index in [4.69, 9.17) is 9.63 Å². The Hall–Kier alpha value is -2.22. The SMILES string of the molecule is CCCN(CC(=O)O)C(=O)CCCc1nc(-c2cccs2)no1. The van der Waals surface area contributed by atoms with Gasteiger partial charge in [0.15, 0.2) is 0 Å². The zero-order chi connectivity index (χ0) is 16.7. The summed E-state index contributed by atoms with van der Waals surface area (Å²) in [6.07, 6.45) is 2.04. The smallest absolute Gasteiger partial charge is 0.323 e. The monoisotopic (exact) mass is 337 g/mol. The summed E-state index contributed by atoms with van der Waals surface area (Å²) in [7, 11) is 0. The lowest BCUT2D eigenvalue weighted by atomic mass is 10.2. The van der Waals surface area contributed by atoms with Crippen LogP contribution in [0.5, 0.6) is 0 Å². The van der Waals surface area contributed by atoms with Gasteiger partial charge in [0.2, 0.25) is 17.6 Å². The van der Waals surface area contributed by atoms with E-state index in [2.05, 4.69) is 10.1 Å². The Morgan fingerprint density at radius 3 is 2.91 bits per heavy atom. The molecule has 2 rings (SSSR count). The summed E-state index contributed by atoms with van der Waals surface area (Å²) in [5.41, 5.74) is 0. The average molecular weight is 337 g/mol. The van der Waals surface area contributed by atoms with Crippen molar-refractivity contribution in [1.82, 2.24) is 15.0 Å². The van der Waals surface area contributed by atoms with Crippen LogP contribution in [0, 0.1) is 0 Å². The minimum Gasteiger partial charge on any atom is -0.480 e. The van der Waals surface area contributed by atoms with Gasteiger partial charge in [0.1, 0.15) is 6.54 Å². The third kappa shape index (κ3) is 5.17. The highest BCUT2D eigenvalue weighted by atomic mass is 32.1. The number of amides is 1. The van der Waals surface area contributed by atoms with Crippen molar-refractivity contribution < 1.29 is 19.2 Å². The molecule has 0 aliphatic carbocycles. The topological polar surface area (TPSA) is 96.5 Å². The maximum Gasteiger partial charge on any atom is 0.323 e. The van der Waals surface area contributed by atoms with Crippen LogP contribution < -0.4 is 0 Å². The van der Waals surface area contributed by atoms with E-state index in [0.29, 0.717) is 31.1 Å². The summed E-state index contributed by atoms with van der Waals surface area (Å²) < 4.78 is 5.17. The molecule has 0 saturated heterocycles. The predicted octanol–water partition coefficient (Wildman–Crippen LogP) is 2.44. The molecule has 0 bridgehead atoms. The maximum absolute atomic E-state index is 12.0. The normalized spacial score (nSPS) is 10.7. The Morgan fingerprint density at radius 1 is 1.43 bits per heavy atom. The van der Waals surface area contributed by atoms with Gasteiger partial charge in [-0.2, -0.15) is 4.98 Å². The third-order valence-corrected chi connectivity index (χ3v) is 4.03. The molecular weight excluding hydrogens is 318 g/mol. The van der Waals surface area contributed by atoms with Crippen LogP contribution in [-0.2, 0) is 16.0 Å². The maximum atomic E-state index is 12.0. The summed E-state index contributed by atoms with van der Waals surface area (Å²) in [6.45, 7) is 2.11. The number of hydrogen-bond donors (Lipinski definition) is 1. The molecule has 2 aromatic heterocycles. The van der Waals surface area contributed by atoms with Crippen molar-refractivity contribution in [2.24, 2.45) is 0 Å². The quantitative estimate of drug-likeness (QED) is 0.755. The summed E-state index contributed by atoms with van der Waals surface area (Å²) in [5, 5.41) is 14.7. The van der Waals surface area contributed by atoms with Gasteiger partial charge in [0.05, 0.1) is 4.88 Å². The molecule has 8 heteroatoms. The molecule has 23 heavy (non-hydrogen) atoms. The lowest BCUT2D eigenvalue weighted by Gasteiger charge is -2.19. The van der Waals surface area contributed by atoms with E-state index in [1.54, 1.807) is 0 Å². The minimum absolute atomic E-state index is 0.160. The van der Waals surface area contributed by atoms with Crippen molar-refractivity contribution >= 4 is 23.2 Å². The highest BCUT2D eigenvalue weighted by molar-refractivity contribution is 7.13. The average Bonchev–Trinajstić information content (AvgIpc) is 3.17. The van der Waals surface area contributed by atoms with E-state index in [1.807, 2.05) is 24.4 Å². The second kappa shape index (κ2) is 8.42. The van der Waals surface area contributed by atoms with Crippen LogP contribution in [0.4, 0.5) is 0 Å². The second-order valence-electron chi connectivity index (χ2n) is 5.05. The molecule has 1 amide bonds. The molecular formula is C15H19N3O4S. The number of aryl methyl sites for hydroxylation is 1. The van der Waals surface area contributed by atoms with E-state index in [9.17, 15) is 9.59 Å². The van der Waals surface area contributed by atoms with E-state index in [1.165, 1.54) is 16.2 Å². The molecule has 0 fully saturated rings. The molecule has 0 radical (unpaired) electrons. The van der Waals surface area contributed by atoms with Gasteiger partial charge in [-0.25, -0.2) is 0 Å². The molecule has 0 aromatic carbocycles. The highest BCUT2D eigenvalue weighted by Crippen LogP contribution is 2.21. The first-order chi connectivity index (χ1) is 11.1. The van der Waals surface area contributed by atoms with Crippen LogP contribution in [0.15, 0.2) is 22.0 Å². The number of aliphatic carboxylic acids is 1. The molecule has 0 atom stereocenters.